The second-order valence-corrected chi connectivity index (χ2v) is 3.92. The van der Waals surface area contributed by atoms with E-state index in [4.69, 9.17) is 14.7 Å². The average molecular weight is 261 g/mol. The molecule has 0 spiro atoms. The Bertz CT molecular complexity index is 336. The largest absolute Gasteiger partial charge is 0.394 e. The van der Waals surface area contributed by atoms with Crippen LogP contribution >= 0.6 is 0 Å². The summed E-state index contributed by atoms with van der Waals surface area (Å²) in [5.74, 6) is 0. The van der Waals surface area contributed by atoms with Gasteiger partial charge in [-0.15, -0.1) is 0 Å². The lowest BCUT2D eigenvalue weighted by Crippen LogP contribution is -2.60. The van der Waals surface area contributed by atoms with Crippen molar-refractivity contribution < 1.29 is 30.0 Å². The first-order chi connectivity index (χ1) is 8.63. The predicted molar refractivity (Wildman–Crippen MR) is 58.5 cm³/mol. The maximum Gasteiger partial charge on any atom is 0.213 e. The van der Waals surface area contributed by atoms with Gasteiger partial charge in [0, 0.05) is 0 Å². The summed E-state index contributed by atoms with van der Waals surface area (Å²) in [6.45, 7) is -0.338. The molecule has 102 valence electrons. The van der Waals surface area contributed by atoms with Crippen LogP contribution in [0.3, 0.4) is 0 Å². The number of aliphatic imine (C=N–C) groups is 2. The van der Waals surface area contributed by atoms with Crippen LogP contribution in [0.2, 0.25) is 0 Å². The summed E-state index contributed by atoms with van der Waals surface area (Å²) in [4.78, 5) is 12.7. The third kappa shape index (κ3) is 2.66. The molecule has 9 nitrogen and oxygen atoms in total. The molecule has 0 aromatic heterocycles. The zero-order valence-corrected chi connectivity index (χ0v) is 9.40. The number of aliphatic hydroxyl groups excluding tert-OH is 4. The van der Waals surface area contributed by atoms with Crippen LogP contribution in [0.15, 0.2) is 9.98 Å². The number of nitrogens with zero attached hydrogens (tertiary/aromatic N) is 3. The maximum absolute atomic E-state index is 9.70. The molecular formula is C9H15N3O6. The van der Waals surface area contributed by atoms with E-state index in [-0.39, 0.29) is 6.67 Å². The highest BCUT2D eigenvalue weighted by Crippen LogP contribution is 2.22. The standard InChI is InChI=1S/C9H15N3O6/c13-1-5-6(14)7(15)8(16)9(17-5)18-12-3-10-2-11-4-12/h2-3,5-9,13-16H,1,4H2/t5-,6+,7+,8-,9?/m1/s1. The van der Waals surface area contributed by atoms with Crippen LogP contribution in [-0.4, -0.2) is 82.1 Å². The second kappa shape index (κ2) is 5.69. The van der Waals surface area contributed by atoms with Crippen LogP contribution in [0.1, 0.15) is 0 Å². The summed E-state index contributed by atoms with van der Waals surface area (Å²) in [7, 11) is 0. The van der Waals surface area contributed by atoms with Gasteiger partial charge in [-0.3, -0.25) is 0 Å². The third-order valence-electron chi connectivity index (χ3n) is 2.65. The smallest absolute Gasteiger partial charge is 0.213 e. The molecule has 0 saturated carbocycles. The molecule has 4 N–H and O–H groups in total. The molecule has 0 amide bonds. The van der Waals surface area contributed by atoms with Gasteiger partial charge < -0.3 is 25.2 Å². The Morgan fingerprint density at radius 2 is 2.06 bits per heavy atom. The van der Waals surface area contributed by atoms with Crippen LogP contribution in [0, 0.1) is 0 Å². The molecule has 2 aliphatic rings. The van der Waals surface area contributed by atoms with Gasteiger partial charge in [0.2, 0.25) is 6.29 Å². The lowest BCUT2D eigenvalue weighted by atomic mass is 9.99. The van der Waals surface area contributed by atoms with E-state index in [2.05, 4.69) is 9.98 Å². The quantitative estimate of drug-likeness (QED) is 0.427. The topological polar surface area (TPSA) is 127 Å². The molecule has 0 radical (unpaired) electrons. The van der Waals surface area contributed by atoms with Gasteiger partial charge in [0.05, 0.1) is 6.61 Å². The minimum absolute atomic E-state index is 0.165. The molecule has 5 atom stereocenters. The Kier molecular flexibility index (Phi) is 4.22. The second-order valence-electron chi connectivity index (χ2n) is 3.92. The van der Waals surface area contributed by atoms with Crippen LogP contribution in [0.25, 0.3) is 0 Å². The fraction of sp³-hybridized carbons (Fsp3) is 0.778. The summed E-state index contributed by atoms with van der Waals surface area (Å²) in [6.07, 6.45) is -3.87. The van der Waals surface area contributed by atoms with E-state index in [0.717, 1.165) is 0 Å². The predicted octanol–water partition coefficient (Wildman–Crippen LogP) is -2.95. The van der Waals surface area contributed by atoms with Gasteiger partial charge in [-0.05, 0) is 0 Å². The van der Waals surface area contributed by atoms with Crippen molar-refractivity contribution in [1.82, 2.24) is 5.06 Å². The van der Waals surface area contributed by atoms with Crippen LogP contribution in [-0.2, 0) is 9.57 Å². The van der Waals surface area contributed by atoms with E-state index >= 15 is 0 Å². The number of hydrogen-bond acceptors (Lipinski definition) is 9. The van der Waals surface area contributed by atoms with Gasteiger partial charge in [-0.2, -0.15) is 0 Å². The molecule has 2 heterocycles. The first-order valence-electron chi connectivity index (χ1n) is 5.39. The Morgan fingerprint density at radius 1 is 1.28 bits per heavy atom. The molecule has 2 aliphatic heterocycles. The van der Waals surface area contributed by atoms with E-state index in [9.17, 15) is 15.3 Å². The van der Waals surface area contributed by atoms with Crippen molar-refractivity contribution in [3.05, 3.63) is 0 Å². The lowest BCUT2D eigenvalue weighted by Gasteiger charge is -2.40. The van der Waals surface area contributed by atoms with Crippen molar-refractivity contribution in [3.63, 3.8) is 0 Å². The molecule has 1 unspecified atom stereocenters. The fourth-order valence-electron chi connectivity index (χ4n) is 1.65. The van der Waals surface area contributed by atoms with E-state index in [1.165, 1.54) is 17.7 Å². The Morgan fingerprint density at radius 3 is 2.67 bits per heavy atom. The van der Waals surface area contributed by atoms with Crippen molar-refractivity contribution in [2.75, 3.05) is 13.3 Å². The van der Waals surface area contributed by atoms with Gasteiger partial charge in [0.15, 0.2) is 0 Å². The zero-order chi connectivity index (χ0) is 13.1. The van der Waals surface area contributed by atoms with Crippen LogP contribution in [0.4, 0.5) is 0 Å². The van der Waals surface area contributed by atoms with Gasteiger partial charge in [0.1, 0.15) is 43.8 Å². The average Bonchev–Trinajstić information content (AvgIpc) is 2.40. The molecule has 9 heteroatoms. The Hall–Kier alpha value is -1.10. The van der Waals surface area contributed by atoms with Gasteiger partial charge in [0.25, 0.3) is 0 Å². The molecule has 1 saturated heterocycles. The zero-order valence-electron chi connectivity index (χ0n) is 9.40. The third-order valence-corrected chi connectivity index (χ3v) is 2.65. The molecular weight excluding hydrogens is 246 g/mol. The maximum atomic E-state index is 9.70. The minimum atomic E-state index is -1.47. The molecule has 2 rings (SSSR count). The van der Waals surface area contributed by atoms with Crippen molar-refractivity contribution in [1.29, 1.82) is 0 Å². The van der Waals surface area contributed by atoms with Crippen LogP contribution in [0.5, 0.6) is 0 Å². The molecule has 18 heavy (non-hydrogen) atoms. The van der Waals surface area contributed by atoms with Crippen molar-refractivity contribution >= 4 is 12.7 Å². The number of ether oxygens (including phenoxy) is 1. The molecule has 1 fully saturated rings. The lowest BCUT2D eigenvalue weighted by molar-refractivity contribution is -0.345. The first-order valence-corrected chi connectivity index (χ1v) is 5.39. The molecule has 0 aromatic rings. The van der Waals surface area contributed by atoms with Crippen molar-refractivity contribution in [3.8, 4) is 0 Å². The van der Waals surface area contributed by atoms with Crippen molar-refractivity contribution in [2.24, 2.45) is 9.98 Å². The van der Waals surface area contributed by atoms with E-state index in [1.807, 2.05) is 0 Å². The highest BCUT2D eigenvalue weighted by molar-refractivity contribution is 5.72. The van der Waals surface area contributed by atoms with E-state index in [1.54, 1.807) is 0 Å². The number of aliphatic hydroxyl groups is 4. The first kappa shape index (κ1) is 13.3. The number of hydroxylamine groups is 2. The highest BCUT2D eigenvalue weighted by atomic mass is 16.8. The number of rotatable bonds is 3. The molecule has 0 aromatic carbocycles. The summed E-state index contributed by atoms with van der Waals surface area (Å²) in [5, 5.41) is 39.0. The molecule has 0 aliphatic carbocycles. The SMILES string of the molecule is OC[C@H]1OC(ON2C=NC=NC2)[C@H](O)[C@@H](O)[C@H]1O. The summed E-state index contributed by atoms with van der Waals surface area (Å²) < 4.78 is 5.15. The normalized spacial score (nSPS) is 40.2. The van der Waals surface area contributed by atoms with E-state index < -0.39 is 37.3 Å². The van der Waals surface area contributed by atoms with E-state index in [0.29, 0.717) is 0 Å². The van der Waals surface area contributed by atoms with Gasteiger partial charge in [-0.1, -0.05) is 0 Å². The van der Waals surface area contributed by atoms with Crippen molar-refractivity contribution in [2.45, 2.75) is 30.7 Å². The summed E-state index contributed by atoms with van der Waals surface area (Å²) in [6, 6.07) is 0. The minimum Gasteiger partial charge on any atom is -0.394 e. The number of hydrogen-bond donors (Lipinski definition) is 4. The van der Waals surface area contributed by atoms with Gasteiger partial charge >= 0.3 is 0 Å². The fourth-order valence-corrected chi connectivity index (χ4v) is 1.65. The summed E-state index contributed by atoms with van der Waals surface area (Å²) >= 11 is 0. The molecule has 0 bridgehead atoms. The Labute approximate surface area is 103 Å². The summed E-state index contributed by atoms with van der Waals surface area (Å²) in [5.41, 5.74) is 0. The van der Waals surface area contributed by atoms with Gasteiger partial charge in [-0.25, -0.2) is 19.9 Å². The highest BCUT2D eigenvalue weighted by Gasteiger charge is 2.44. The monoisotopic (exact) mass is 261 g/mol. The van der Waals surface area contributed by atoms with Crippen LogP contribution < -0.4 is 0 Å². The Balaban J connectivity index is 1.98.